The van der Waals surface area contributed by atoms with Crippen molar-refractivity contribution in [3.63, 3.8) is 0 Å². The minimum absolute atomic E-state index is 0.187. The minimum atomic E-state index is -1.95. The Labute approximate surface area is 135 Å². The molecule has 1 saturated carbocycles. The highest BCUT2D eigenvalue weighted by Gasteiger charge is 2.47. The van der Waals surface area contributed by atoms with Crippen LogP contribution < -0.4 is 4.43 Å². The molecule has 0 radical (unpaired) electrons. The number of carbonyl (C=O) groups is 1. The molecule has 4 heteroatoms. The number of hydrogen-bond donors (Lipinski definition) is 0. The maximum absolute atomic E-state index is 12.0. The summed E-state index contributed by atoms with van der Waals surface area (Å²) in [5, 5.41) is 0. The molecule has 1 aromatic rings. The number of ketones is 1. The van der Waals surface area contributed by atoms with Crippen LogP contribution in [0.4, 0.5) is 0 Å². The summed E-state index contributed by atoms with van der Waals surface area (Å²) in [5.41, 5.74) is 2.17. The first-order chi connectivity index (χ1) is 10.3. The van der Waals surface area contributed by atoms with Crippen molar-refractivity contribution >= 4 is 14.1 Å². The smallest absolute Gasteiger partial charge is 0.258 e. The van der Waals surface area contributed by atoms with Crippen molar-refractivity contribution in [1.82, 2.24) is 4.98 Å². The summed E-state index contributed by atoms with van der Waals surface area (Å²) in [5.74, 6) is 1.22. The number of aromatic nitrogens is 1. The molecule has 122 valence electrons. The maximum atomic E-state index is 12.0. The van der Waals surface area contributed by atoms with Gasteiger partial charge in [-0.2, -0.15) is 0 Å². The molecule has 0 spiro atoms. The highest BCUT2D eigenvalue weighted by atomic mass is 28.4. The fraction of sp³-hybridized carbons (Fsp3) is 0.667. The Bertz CT molecular complexity index is 497. The van der Waals surface area contributed by atoms with Crippen molar-refractivity contribution in [3.05, 3.63) is 24.0 Å². The van der Waals surface area contributed by atoms with E-state index in [1.165, 1.54) is 0 Å². The van der Waals surface area contributed by atoms with Crippen molar-refractivity contribution in [2.75, 3.05) is 0 Å². The zero-order valence-electron chi connectivity index (χ0n) is 14.7. The van der Waals surface area contributed by atoms with Gasteiger partial charge in [0.05, 0.1) is 6.20 Å². The molecule has 0 unspecified atom stereocenters. The third-order valence-corrected chi connectivity index (χ3v) is 10.9. The average Bonchev–Trinajstić information content (AvgIpc) is 3.28. The van der Waals surface area contributed by atoms with Crippen LogP contribution in [0.15, 0.2) is 18.3 Å². The predicted octanol–water partition coefficient (Wildman–Crippen LogP) is 5.23. The van der Waals surface area contributed by atoms with E-state index in [4.69, 9.17) is 4.43 Å². The van der Waals surface area contributed by atoms with Crippen molar-refractivity contribution in [1.29, 1.82) is 0 Å². The second-order valence-electron chi connectivity index (χ2n) is 7.44. The first-order valence-electron chi connectivity index (χ1n) is 8.48. The average molecular weight is 320 g/mol. The van der Waals surface area contributed by atoms with Crippen LogP contribution in [0.2, 0.25) is 16.6 Å². The van der Waals surface area contributed by atoms with Crippen LogP contribution in [0.1, 0.15) is 64.9 Å². The number of pyridine rings is 1. The molecule has 2 rings (SSSR count). The Morgan fingerprint density at radius 2 is 1.64 bits per heavy atom. The predicted molar refractivity (Wildman–Crippen MR) is 93.0 cm³/mol. The Hall–Kier alpha value is -1.16. The molecule has 0 N–H and O–H groups in total. The maximum Gasteiger partial charge on any atom is 0.258 e. The number of hydrogen-bond acceptors (Lipinski definition) is 3. The standard InChI is InChI=1S/C18H29NO2Si/c1-12(2)22(13(3)4,14(5)6)21-16-9-10-17(19-11-16)18(20)15-7-8-15/h9-15H,7-8H2,1-6H3. The molecule has 1 fully saturated rings. The Morgan fingerprint density at radius 3 is 2.00 bits per heavy atom. The van der Waals surface area contributed by atoms with E-state index in [2.05, 4.69) is 46.5 Å². The quantitative estimate of drug-likeness (QED) is 0.510. The largest absolute Gasteiger partial charge is 0.542 e. The Kier molecular flexibility index (Phi) is 5.10. The zero-order valence-corrected chi connectivity index (χ0v) is 15.7. The van der Waals surface area contributed by atoms with Gasteiger partial charge in [0.1, 0.15) is 11.4 Å². The van der Waals surface area contributed by atoms with Crippen LogP contribution in [0, 0.1) is 5.92 Å². The molecule has 1 aromatic heterocycles. The molecule has 1 heterocycles. The van der Waals surface area contributed by atoms with Gasteiger partial charge < -0.3 is 4.43 Å². The third kappa shape index (κ3) is 3.27. The summed E-state index contributed by atoms with van der Waals surface area (Å²) in [6.07, 6.45) is 3.77. The number of rotatable bonds is 7. The van der Waals surface area contributed by atoms with Crippen molar-refractivity contribution in [2.24, 2.45) is 5.92 Å². The van der Waals surface area contributed by atoms with Gasteiger partial charge in [0.25, 0.3) is 8.32 Å². The van der Waals surface area contributed by atoms with Gasteiger partial charge in [0.15, 0.2) is 5.78 Å². The van der Waals surface area contributed by atoms with Gasteiger partial charge in [0.2, 0.25) is 0 Å². The molecule has 3 nitrogen and oxygen atoms in total. The van der Waals surface area contributed by atoms with E-state index in [1.54, 1.807) is 6.20 Å². The van der Waals surface area contributed by atoms with E-state index in [9.17, 15) is 4.79 Å². The van der Waals surface area contributed by atoms with E-state index >= 15 is 0 Å². The summed E-state index contributed by atoms with van der Waals surface area (Å²) in [6.45, 7) is 13.6. The fourth-order valence-corrected chi connectivity index (χ4v) is 8.93. The van der Waals surface area contributed by atoms with E-state index in [1.807, 2.05) is 12.1 Å². The molecule has 1 aliphatic rings. The van der Waals surface area contributed by atoms with Crippen LogP contribution in [0.5, 0.6) is 5.75 Å². The molecule has 22 heavy (non-hydrogen) atoms. The van der Waals surface area contributed by atoms with Gasteiger partial charge in [-0.3, -0.25) is 4.79 Å². The first-order valence-corrected chi connectivity index (χ1v) is 10.6. The van der Waals surface area contributed by atoms with Crippen LogP contribution in [0.25, 0.3) is 0 Å². The van der Waals surface area contributed by atoms with E-state index in [0.717, 1.165) is 18.6 Å². The van der Waals surface area contributed by atoms with Gasteiger partial charge in [-0.15, -0.1) is 0 Å². The second kappa shape index (κ2) is 6.53. The third-order valence-electron chi connectivity index (χ3n) is 4.94. The Morgan fingerprint density at radius 1 is 1.09 bits per heavy atom. The Balaban J connectivity index is 2.21. The van der Waals surface area contributed by atoms with Crippen molar-refractivity contribution in [2.45, 2.75) is 71.0 Å². The van der Waals surface area contributed by atoms with Gasteiger partial charge in [-0.05, 0) is 41.6 Å². The lowest BCUT2D eigenvalue weighted by Gasteiger charge is -2.42. The highest BCUT2D eigenvalue weighted by molar-refractivity contribution is 6.78. The molecule has 1 aliphatic carbocycles. The molecule has 0 bridgehead atoms. The number of Topliss-reactive ketones (excluding diaryl/α,β-unsaturated/α-hetero) is 1. The lowest BCUT2D eigenvalue weighted by molar-refractivity contribution is 0.0963. The van der Waals surface area contributed by atoms with Crippen molar-refractivity contribution in [3.8, 4) is 5.75 Å². The normalized spacial score (nSPS) is 15.7. The molecule has 0 saturated heterocycles. The highest BCUT2D eigenvalue weighted by Crippen LogP contribution is 2.42. The van der Waals surface area contributed by atoms with Gasteiger partial charge in [-0.1, -0.05) is 41.5 Å². The molecule has 0 aromatic carbocycles. The van der Waals surface area contributed by atoms with Crippen LogP contribution >= 0.6 is 0 Å². The molecule has 0 amide bonds. The van der Waals surface area contributed by atoms with Gasteiger partial charge >= 0.3 is 0 Å². The lowest BCUT2D eigenvalue weighted by atomic mass is 10.2. The number of nitrogens with zero attached hydrogens (tertiary/aromatic N) is 1. The van der Waals surface area contributed by atoms with Gasteiger partial charge in [0, 0.05) is 5.92 Å². The zero-order chi connectivity index (χ0) is 16.5. The summed E-state index contributed by atoms with van der Waals surface area (Å²) < 4.78 is 6.56. The van der Waals surface area contributed by atoms with E-state index in [0.29, 0.717) is 22.3 Å². The minimum Gasteiger partial charge on any atom is -0.542 e. The van der Waals surface area contributed by atoms with Gasteiger partial charge in [-0.25, -0.2) is 4.98 Å². The summed E-state index contributed by atoms with van der Waals surface area (Å²) >= 11 is 0. The number of carbonyl (C=O) groups excluding carboxylic acids is 1. The molecular formula is C18H29NO2Si. The first kappa shape index (κ1) is 17.2. The van der Waals surface area contributed by atoms with Crippen molar-refractivity contribution < 1.29 is 9.22 Å². The SMILES string of the molecule is CC(C)[Si](Oc1ccc(C(=O)C2CC2)nc1)(C(C)C)C(C)C. The molecule has 0 atom stereocenters. The topological polar surface area (TPSA) is 39.2 Å². The lowest BCUT2D eigenvalue weighted by Crippen LogP contribution is -2.50. The fourth-order valence-electron chi connectivity index (χ4n) is 3.70. The molecule has 0 aliphatic heterocycles. The van der Waals surface area contributed by atoms with Crippen LogP contribution in [0.3, 0.4) is 0 Å². The van der Waals surface area contributed by atoms with E-state index in [-0.39, 0.29) is 11.7 Å². The summed E-state index contributed by atoms with van der Waals surface area (Å²) in [4.78, 5) is 16.4. The summed E-state index contributed by atoms with van der Waals surface area (Å²) in [6, 6.07) is 3.76. The van der Waals surface area contributed by atoms with Crippen LogP contribution in [-0.4, -0.2) is 19.1 Å². The van der Waals surface area contributed by atoms with E-state index < -0.39 is 8.32 Å². The molecular weight excluding hydrogens is 290 g/mol. The second-order valence-corrected chi connectivity index (χ2v) is 12.8. The summed E-state index contributed by atoms with van der Waals surface area (Å²) in [7, 11) is -1.95. The monoisotopic (exact) mass is 319 g/mol. The van der Waals surface area contributed by atoms with Crippen LogP contribution in [-0.2, 0) is 0 Å².